The van der Waals surface area contributed by atoms with Crippen LogP contribution >= 0.6 is 0 Å². The van der Waals surface area contributed by atoms with Gasteiger partial charge in [0.25, 0.3) is 0 Å². The van der Waals surface area contributed by atoms with E-state index in [0.29, 0.717) is 11.5 Å². The number of esters is 1. The molecule has 5 heteroatoms. The van der Waals surface area contributed by atoms with Gasteiger partial charge in [-0.25, -0.2) is 0 Å². The minimum atomic E-state index is -0.486. The standard InChI is InChI=1S/C12H17NO4/c1-15-10-5-4-8(6-11(10)16-2)9(7-13)12(14)17-3/h4-6,9H,7,13H2,1-3H3. The summed E-state index contributed by atoms with van der Waals surface area (Å²) in [6.45, 7) is 0.183. The van der Waals surface area contributed by atoms with Crippen molar-refractivity contribution in [2.75, 3.05) is 27.9 Å². The van der Waals surface area contributed by atoms with Crippen LogP contribution in [0.5, 0.6) is 11.5 Å². The molecule has 0 aliphatic heterocycles. The molecule has 1 rings (SSSR count). The zero-order valence-corrected chi connectivity index (χ0v) is 10.2. The fourth-order valence-electron chi connectivity index (χ4n) is 1.58. The Balaban J connectivity index is 3.09. The number of methoxy groups -OCH3 is 3. The van der Waals surface area contributed by atoms with Crippen LogP contribution in [0.15, 0.2) is 18.2 Å². The van der Waals surface area contributed by atoms with Crippen molar-refractivity contribution in [2.24, 2.45) is 5.73 Å². The van der Waals surface area contributed by atoms with E-state index >= 15 is 0 Å². The largest absolute Gasteiger partial charge is 0.493 e. The molecule has 0 spiro atoms. The summed E-state index contributed by atoms with van der Waals surface area (Å²) < 4.78 is 15.0. The molecule has 0 aliphatic carbocycles. The van der Waals surface area contributed by atoms with Gasteiger partial charge in [0.15, 0.2) is 11.5 Å². The Kier molecular flexibility index (Phi) is 4.78. The summed E-state index contributed by atoms with van der Waals surface area (Å²) in [7, 11) is 4.43. The Hall–Kier alpha value is -1.75. The lowest BCUT2D eigenvalue weighted by molar-refractivity contribution is -0.142. The van der Waals surface area contributed by atoms with Crippen LogP contribution in [0.4, 0.5) is 0 Å². The third-order valence-corrected chi connectivity index (χ3v) is 2.53. The van der Waals surface area contributed by atoms with Crippen LogP contribution in [0.1, 0.15) is 11.5 Å². The maximum absolute atomic E-state index is 11.5. The highest BCUT2D eigenvalue weighted by Crippen LogP contribution is 2.30. The SMILES string of the molecule is COC(=O)C(CN)c1ccc(OC)c(OC)c1. The summed E-state index contributed by atoms with van der Waals surface area (Å²) >= 11 is 0. The third kappa shape index (κ3) is 2.88. The van der Waals surface area contributed by atoms with E-state index in [0.717, 1.165) is 5.56 Å². The zero-order chi connectivity index (χ0) is 12.8. The highest BCUT2D eigenvalue weighted by molar-refractivity contribution is 5.78. The van der Waals surface area contributed by atoms with Crippen LogP contribution < -0.4 is 15.2 Å². The average Bonchev–Trinajstić information content (AvgIpc) is 2.38. The van der Waals surface area contributed by atoms with Crippen LogP contribution in [0.25, 0.3) is 0 Å². The molecule has 1 aromatic carbocycles. The lowest BCUT2D eigenvalue weighted by Gasteiger charge is -2.15. The Morgan fingerprint density at radius 2 is 1.88 bits per heavy atom. The molecule has 0 saturated heterocycles. The summed E-state index contributed by atoms with van der Waals surface area (Å²) in [5, 5.41) is 0. The minimum Gasteiger partial charge on any atom is -0.493 e. The number of carbonyl (C=O) groups excluding carboxylic acids is 1. The van der Waals surface area contributed by atoms with E-state index in [-0.39, 0.29) is 12.5 Å². The fraction of sp³-hybridized carbons (Fsp3) is 0.417. The van der Waals surface area contributed by atoms with Gasteiger partial charge < -0.3 is 19.9 Å². The fourth-order valence-corrected chi connectivity index (χ4v) is 1.58. The van der Waals surface area contributed by atoms with E-state index in [1.165, 1.54) is 14.2 Å². The van der Waals surface area contributed by atoms with Crippen molar-refractivity contribution in [3.05, 3.63) is 23.8 Å². The number of ether oxygens (including phenoxy) is 3. The van der Waals surface area contributed by atoms with Crippen molar-refractivity contribution in [1.82, 2.24) is 0 Å². The van der Waals surface area contributed by atoms with Gasteiger partial charge in [0.05, 0.1) is 27.2 Å². The number of benzene rings is 1. The van der Waals surface area contributed by atoms with Gasteiger partial charge in [0.1, 0.15) is 0 Å². The van der Waals surface area contributed by atoms with Gasteiger partial charge in [-0.15, -0.1) is 0 Å². The van der Waals surface area contributed by atoms with E-state index < -0.39 is 5.92 Å². The summed E-state index contributed by atoms with van der Waals surface area (Å²) in [6.07, 6.45) is 0. The summed E-state index contributed by atoms with van der Waals surface area (Å²) in [5.41, 5.74) is 6.32. The zero-order valence-electron chi connectivity index (χ0n) is 10.2. The maximum Gasteiger partial charge on any atom is 0.314 e. The molecule has 94 valence electrons. The summed E-state index contributed by atoms with van der Waals surface area (Å²) in [4.78, 5) is 11.5. The predicted molar refractivity (Wildman–Crippen MR) is 63.4 cm³/mol. The second-order valence-corrected chi connectivity index (χ2v) is 3.43. The van der Waals surface area contributed by atoms with Crippen molar-refractivity contribution in [1.29, 1.82) is 0 Å². The van der Waals surface area contributed by atoms with Gasteiger partial charge in [-0.05, 0) is 17.7 Å². The van der Waals surface area contributed by atoms with Crippen LogP contribution in [0.2, 0.25) is 0 Å². The molecule has 0 radical (unpaired) electrons. The van der Waals surface area contributed by atoms with Gasteiger partial charge in [-0.1, -0.05) is 6.07 Å². The molecule has 1 unspecified atom stereocenters. The Labute approximate surface area is 100 Å². The van der Waals surface area contributed by atoms with E-state index in [9.17, 15) is 4.79 Å². The lowest BCUT2D eigenvalue weighted by Crippen LogP contribution is -2.22. The Morgan fingerprint density at radius 1 is 1.24 bits per heavy atom. The number of carbonyl (C=O) groups is 1. The van der Waals surface area contributed by atoms with Gasteiger partial charge in [-0.2, -0.15) is 0 Å². The summed E-state index contributed by atoms with van der Waals surface area (Å²) in [6, 6.07) is 5.24. The van der Waals surface area contributed by atoms with Crippen molar-refractivity contribution >= 4 is 5.97 Å². The van der Waals surface area contributed by atoms with Gasteiger partial charge in [0, 0.05) is 6.54 Å². The topological polar surface area (TPSA) is 70.8 Å². The average molecular weight is 239 g/mol. The van der Waals surface area contributed by atoms with Crippen LogP contribution in [-0.4, -0.2) is 33.8 Å². The van der Waals surface area contributed by atoms with Crippen LogP contribution in [0.3, 0.4) is 0 Å². The van der Waals surface area contributed by atoms with Crippen molar-refractivity contribution in [2.45, 2.75) is 5.92 Å². The van der Waals surface area contributed by atoms with Gasteiger partial charge in [-0.3, -0.25) is 4.79 Å². The number of nitrogens with two attached hydrogens (primary N) is 1. The van der Waals surface area contributed by atoms with Crippen molar-refractivity contribution < 1.29 is 19.0 Å². The normalized spacial score (nSPS) is 11.8. The first-order chi connectivity index (χ1) is 8.17. The van der Waals surface area contributed by atoms with Crippen LogP contribution in [0, 0.1) is 0 Å². The minimum absolute atomic E-state index is 0.183. The molecule has 0 aliphatic rings. The monoisotopic (exact) mass is 239 g/mol. The van der Waals surface area contributed by atoms with Crippen molar-refractivity contribution in [3.63, 3.8) is 0 Å². The van der Waals surface area contributed by atoms with E-state index in [1.54, 1.807) is 25.3 Å². The second kappa shape index (κ2) is 6.10. The first-order valence-electron chi connectivity index (χ1n) is 5.17. The van der Waals surface area contributed by atoms with Gasteiger partial charge >= 0.3 is 5.97 Å². The molecule has 1 atom stereocenters. The molecule has 0 heterocycles. The highest BCUT2D eigenvalue weighted by atomic mass is 16.5. The number of rotatable bonds is 5. The third-order valence-electron chi connectivity index (χ3n) is 2.53. The number of hydrogen-bond acceptors (Lipinski definition) is 5. The molecule has 5 nitrogen and oxygen atoms in total. The van der Waals surface area contributed by atoms with E-state index in [4.69, 9.17) is 19.9 Å². The Bertz CT molecular complexity index is 392. The molecule has 1 aromatic rings. The molecule has 0 fully saturated rings. The smallest absolute Gasteiger partial charge is 0.314 e. The molecule has 17 heavy (non-hydrogen) atoms. The molecule has 0 amide bonds. The molecule has 0 saturated carbocycles. The molecular weight excluding hydrogens is 222 g/mol. The molecular formula is C12H17NO4. The van der Waals surface area contributed by atoms with E-state index in [1.807, 2.05) is 0 Å². The Morgan fingerprint density at radius 3 is 2.35 bits per heavy atom. The van der Waals surface area contributed by atoms with Crippen LogP contribution in [-0.2, 0) is 9.53 Å². The molecule has 0 bridgehead atoms. The highest BCUT2D eigenvalue weighted by Gasteiger charge is 2.21. The first kappa shape index (κ1) is 13.3. The predicted octanol–water partition coefficient (Wildman–Crippen LogP) is 0.919. The van der Waals surface area contributed by atoms with E-state index in [2.05, 4.69) is 0 Å². The van der Waals surface area contributed by atoms with Crippen molar-refractivity contribution in [3.8, 4) is 11.5 Å². The quantitative estimate of drug-likeness (QED) is 0.774. The van der Waals surface area contributed by atoms with Gasteiger partial charge in [0.2, 0.25) is 0 Å². The summed E-state index contributed by atoms with van der Waals surface area (Å²) in [5.74, 6) is 0.323. The second-order valence-electron chi connectivity index (χ2n) is 3.43. The molecule has 2 N–H and O–H groups in total. The first-order valence-corrected chi connectivity index (χ1v) is 5.17. The lowest BCUT2D eigenvalue weighted by atomic mass is 9.99. The maximum atomic E-state index is 11.5. The molecule has 0 aromatic heterocycles. The number of hydrogen-bond donors (Lipinski definition) is 1.